The second-order valence-electron chi connectivity index (χ2n) is 5.37. The largest absolute Gasteiger partial charge is 0.480 e. The summed E-state index contributed by atoms with van der Waals surface area (Å²) in [5.74, 6) is -1.19. The molecule has 0 heterocycles. The van der Waals surface area contributed by atoms with Gasteiger partial charge in [-0.1, -0.05) is 38.8 Å². The topological polar surface area (TPSA) is 92.4 Å². The highest BCUT2D eigenvalue weighted by Crippen LogP contribution is 2.20. The first-order valence-corrected chi connectivity index (χ1v) is 7.31. The molecule has 0 bridgehead atoms. The molecule has 2 unspecified atom stereocenters. The van der Waals surface area contributed by atoms with Gasteiger partial charge in [-0.2, -0.15) is 0 Å². The van der Waals surface area contributed by atoms with E-state index in [1.165, 1.54) is 0 Å². The van der Waals surface area contributed by atoms with Crippen molar-refractivity contribution in [1.29, 1.82) is 0 Å². The molecule has 4 N–H and O–H groups in total. The van der Waals surface area contributed by atoms with E-state index in [0.717, 1.165) is 18.4 Å². The zero-order valence-electron chi connectivity index (χ0n) is 12.6. The zero-order valence-corrected chi connectivity index (χ0v) is 12.6. The second kappa shape index (κ2) is 8.29. The Morgan fingerprint density at radius 2 is 1.90 bits per heavy atom. The van der Waals surface area contributed by atoms with Gasteiger partial charge in [0.05, 0.1) is 0 Å². The van der Waals surface area contributed by atoms with E-state index >= 15 is 0 Å². The van der Waals surface area contributed by atoms with Gasteiger partial charge in [0, 0.05) is 12.1 Å². The third-order valence-corrected chi connectivity index (χ3v) is 3.48. The van der Waals surface area contributed by atoms with Crippen molar-refractivity contribution >= 4 is 17.6 Å². The van der Waals surface area contributed by atoms with E-state index in [-0.39, 0.29) is 18.2 Å². The maximum absolute atomic E-state index is 12.0. The van der Waals surface area contributed by atoms with E-state index < -0.39 is 12.0 Å². The van der Waals surface area contributed by atoms with Crippen LogP contribution in [0.15, 0.2) is 24.3 Å². The number of amides is 1. The van der Waals surface area contributed by atoms with Crippen molar-refractivity contribution < 1.29 is 14.7 Å². The van der Waals surface area contributed by atoms with Crippen molar-refractivity contribution in [2.75, 3.05) is 5.73 Å². The minimum Gasteiger partial charge on any atom is -0.480 e. The fraction of sp³-hybridized carbons (Fsp3) is 0.500. The van der Waals surface area contributed by atoms with Crippen LogP contribution >= 0.6 is 0 Å². The lowest BCUT2D eigenvalue weighted by Crippen LogP contribution is -2.41. The number of carboxylic acid groups (broad SMARTS) is 1. The number of benzene rings is 1. The van der Waals surface area contributed by atoms with Gasteiger partial charge in [0.25, 0.3) is 0 Å². The van der Waals surface area contributed by atoms with E-state index in [0.29, 0.717) is 12.1 Å². The highest BCUT2D eigenvalue weighted by atomic mass is 16.4. The highest BCUT2D eigenvalue weighted by Gasteiger charge is 2.20. The van der Waals surface area contributed by atoms with E-state index in [9.17, 15) is 9.59 Å². The molecule has 2 atom stereocenters. The molecule has 21 heavy (non-hydrogen) atoms. The summed E-state index contributed by atoms with van der Waals surface area (Å²) in [6, 6.07) is 6.57. The first-order valence-electron chi connectivity index (χ1n) is 7.31. The summed E-state index contributed by atoms with van der Waals surface area (Å²) in [7, 11) is 0. The summed E-state index contributed by atoms with van der Waals surface area (Å²) in [5, 5.41) is 11.7. The molecule has 5 heteroatoms. The van der Waals surface area contributed by atoms with Crippen molar-refractivity contribution in [3.63, 3.8) is 0 Å². The zero-order chi connectivity index (χ0) is 15.8. The fourth-order valence-electron chi connectivity index (χ4n) is 2.14. The molecule has 0 aliphatic heterocycles. The first kappa shape index (κ1) is 17.0. The molecule has 0 aliphatic rings. The lowest BCUT2D eigenvalue weighted by molar-refractivity contribution is -0.142. The van der Waals surface area contributed by atoms with Crippen molar-refractivity contribution in [2.24, 2.45) is 0 Å². The molecule has 0 spiro atoms. The molecule has 1 aromatic carbocycles. The number of hydrogen-bond acceptors (Lipinski definition) is 3. The van der Waals surface area contributed by atoms with Crippen molar-refractivity contribution in [3.05, 3.63) is 29.8 Å². The molecule has 0 aliphatic carbocycles. The van der Waals surface area contributed by atoms with Crippen LogP contribution in [0.5, 0.6) is 0 Å². The number of nitrogens with two attached hydrogens (primary N) is 1. The van der Waals surface area contributed by atoms with Crippen LogP contribution in [0.25, 0.3) is 0 Å². The van der Waals surface area contributed by atoms with Crippen LogP contribution in [0.4, 0.5) is 5.69 Å². The molecular formula is C16H24N2O3. The molecule has 0 aromatic heterocycles. The van der Waals surface area contributed by atoms with Crippen LogP contribution in [0.2, 0.25) is 0 Å². The molecule has 0 saturated heterocycles. The van der Waals surface area contributed by atoms with Gasteiger partial charge in [0.2, 0.25) is 5.91 Å². The minimum absolute atomic E-state index is 0.0196. The van der Waals surface area contributed by atoms with Crippen LogP contribution in [0, 0.1) is 0 Å². The number of aliphatic carboxylic acids is 1. The van der Waals surface area contributed by atoms with Gasteiger partial charge in [-0.3, -0.25) is 4.79 Å². The number of hydrogen-bond donors (Lipinski definition) is 3. The summed E-state index contributed by atoms with van der Waals surface area (Å²) >= 11 is 0. The Hall–Kier alpha value is -2.04. The van der Waals surface area contributed by atoms with E-state index in [1.807, 2.05) is 26.0 Å². The lowest BCUT2D eigenvalue weighted by atomic mass is 9.97. The average Bonchev–Trinajstić information content (AvgIpc) is 2.43. The Bertz CT molecular complexity index is 471. The van der Waals surface area contributed by atoms with Gasteiger partial charge in [0.15, 0.2) is 0 Å². The predicted molar refractivity (Wildman–Crippen MR) is 83.0 cm³/mol. The molecule has 0 saturated carbocycles. The lowest BCUT2D eigenvalue weighted by Gasteiger charge is -2.16. The molecule has 5 nitrogen and oxygen atoms in total. The number of carbonyl (C=O) groups excluding carboxylic acids is 1. The fourth-order valence-corrected chi connectivity index (χ4v) is 2.14. The Kier molecular flexibility index (Phi) is 6.72. The monoisotopic (exact) mass is 292 g/mol. The molecular weight excluding hydrogens is 268 g/mol. The van der Waals surface area contributed by atoms with Gasteiger partial charge in [0.1, 0.15) is 6.04 Å². The standard InChI is InChI=1S/C16H24N2O3/c1-3-4-5-14(16(20)21)18-15(19)10-11(2)12-6-8-13(17)9-7-12/h6-9,11,14H,3-5,10,17H2,1-2H3,(H,18,19)(H,20,21). The van der Waals surface area contributed by atoms with Gasteiger partial charge in [-0.15, -0.1) is 0 Å². The summed E-state index contributed by atoms with van der Waals surface area (Å²) in [6.45, 7) is 3.93. The number of carboxylic acids is 1. The summed E-state index contributed by atoms with van der Waals surface area (Å²) in [4.78, 5) is 23.1. The second-order valence-corrected chi connectivity index (χ2v) is 5.37. The van der Waals surface area contributed by atoms with Crippen LogP contribution in [0.3, 0.4) is 0 Å². The Balaban J connectivity index is 2.54. The first-order chi connectivity index (χ1) is 9.93. The van der Waals surface area contributed by atoms with Crippen LogP contribution in [0.1, 0.15) is 51.0 Å². The van der Waals surface area contributed by atoms with Gasteiger partial charge in [-0.25, -0.2) is 4.79 Å². The SMILES string of the molecule is CCCCC(NC(=O)CC(C)c1ccc(N)cc1)C(=O)O. The predicted octanol–water partition coefficient (Wildman–Crippen LogP) is 2.52. The third kappa shape index (κ3) is 5.85. The summed E-state index contributed by atoms with van der Waals surface area (Å²) in [5.41, 5.74) is 7.32. The molecule has 1 rings (SSSR count). The van der Waals surface area contributed by atoms with Crippen LogP contribution in [-0.4, -0.2) is 23.0 Å². The normalized spacial score (nSPS) is 13.4. The van der Waals surface area contributed by atoms with E-state index in [2.05, 4.69) is 5.32 Å². The van der Waals surface area contributed by atoms with Crippen molar-refractivity contribution in [1.82, 2.24) is 5.32 Å². The smallest absolute Gasteiger partial charge is 0.326 e. The quantitative estimate of drug-likeness (QED) is 0.642. The average molecular weight is 292 g/mol. The number of carbonyl (C=O) groups is 2. The van der Waals surface area contributed by atoms with E-state index in [4.69, 9.17) is 10.8 Å². The number of rotatable bonds is 8. The maximum Gasteiger partial charge on any atom is 0.326 e. The highest BCUT2D eigenvalue weighted by molar-refractivity contribution is 5.83. The molecule has 0 radical (unpaired) electrons. The van der Waals surface area contributed by atoms with Crippen LogP contribution in [-0.2, 0) is 9.59 Å². The number of anilines is 1. The molecule has 116 valence electrons. The summed E-state index contributed by atoms with van der Waals surface area (Å²) < 4.78 is 0. The molecule has 1 amide bonds. The molecule has 1 aromatic rings. The van der Waals surface area contributed by atoms with Crippen molar-refractivity contribution in [3.8, 4) is 0 Å². The Morgan fingerprint density at radius 1 is 1.29 bits per heavy atom. The Morgan fingerprint density at radius 3 is 2.43 bits per heavy atom. The minimum atomic E-state index is -0.975. The van der Waals surface area contributed by atoms with Gasteiger partial charge < -0.3 is 16.2 Å². The van der Waals surface area contributed by atoms with Gasteiger partial charge in [-0.05, 0) is 30.0 Å². The number of nitrogens with one attached hydrogen (secondary N) is 1. The maximum atomic E-state index is 12.0. The van der Waals surface area contributed by atoms with Crippen molar-refractivity contribution in [2.45, 2.75) is 51.5 Å². The van der Waals surface area contributed by atoms with E-state index in [1.54, 1.807) is 12.1 Å². The summed E-state index contributed by atoms with van der Waals surface area (Å²) in [6.07, 6.45) is 2.42. The molecule has 0 fully saturated rings. The Labute approximate surface area is 125 Å². The van der Waals surface area contributed by atoms with Crippen LogP contribution < -0.4 is 11.1 Å². The number of nitrogen functional groups attached to an aromatic ring is 1. The van der Waals surface area contributed by atoms with Gasteiger partial charge >= 0.3 is 5.97 Å². The number of unbranched alkanes of at least 4 members (excludes halogenated alkanes) is 1. The third-order valence-electron chi connectivity index (χ3n) is 3.48.